The van der Waals surface area contributed by atoms with Gasteiger partial charge in [-0.25, -0.2) is 4.79 Å². The van der Waals surface area contributed by atoms with Gasteiger partial charge in [0.2, 0.25) is 0 Å². The highest BCUT2D eigenvalue weighted by molar-refractivity contribution is 6.05. The first-order valence-electron chi connectivity index (χ1n) is 6.91. The zero-order chi connectivity index (χ0) is 15.8. The van der Waals surface area contributed by atoms with Crippen LogP contribution in [0.15, 0.2) is 67.3 Å². The summed E-state index contributed by atoms with van der Waals surface area (Å²) < 4.78 is 4.99. The van der Waals surface area contributed by atoms with Crippen LogP contribution in [-0.4, -0.2) is 18.5 Å². The second-order valence-corrected chi connectivity index (χ2v) is 4.60. The molecule has 2 aromatic rings. The van der Waals surface area contributed by atoms with Crippen molar-refractivity contribution in [2.45, 2.75) is 6.54 Å². The smallest absolute Gasteiger partial charge is 0.339 e. The Kier molecular flexibility index (Phi) is 5.49. The molecule has 112 valence electrons. The summed E-state index contributed by atoms with van der Waals surface area (Å²) in [6.45, 7) is 4.00. The predicted molar refractivity (Wildman–Crippen MR) is 84.5 cm³/mol. The molecule has 1 N–H and O–H groups in total. The molecule has 4 nitrogen and oxygen atoms in total. The predicted octanol–water partition coefficient (Wildman–Crippen LogP) is 2.96. The first-order chi connectivity index (χ1) is 10.7. The zero-order valence-corrected chi connectivity index (χ0v) is 12.1. The maximum absolute atomic E-state index is 12.3. The Hall–Kier alpha value is -2.88. The first kappa shape index (κ1) is 15.5. The molecule has 0 aliphatic carbocycles. The molecule has 22 heavy (non-hydrogen) atoms. The summed E-state index contributed by atoms with van der Waals surface area (Å²) >= 11 is 0. The van der Waals surface area contributed by atoms with Crippen LogP contribution in [0.2, 0.25) is 0 Å². The molecule has 2 rings (SSSR count). The van der Waals surface area contributed by atoms with E-state index in [1.807, 2.05) is 30.3 Å². The summed E-state index contributed by atoms with van der Waals surface area (Å²) in [5.41, 5.74) is 1.53. The van der Waals surface area contributed by atoms with Gasteiger partial charge in [-0.15, -0.1) is 0 Å². The van der Waals surface area contributed by atoms with Gasteiger partial charge in [0.05, 0.1) is 11.1 Å². The summed E-state index contributed by atoms with van der Waals surface area (Å²) in [6.07, 6.45) is 1.48. The summed E-state index contributed by atoms with van der Waals surface area (Å²) in [6, 6.07) is 16.1. The van der Waals surface area contributed by atoms with Crippen LogP contribution in [0.3, 0.4) is 0 Å². The van der Waals surface area contributed by atoms with Crippen molar-refractivity contribution in [1.29, 1.82) is 0 Å². The Morgan fingerprint density at radius 3 is 2.32 bits per heavy atom. The average Bonchev–Trinajstić information content (AvgIpc) is 2.58. The minimum atomic E-state index is -0.537. The van der Waals surface area contributed by atoms with Gasteiger partial charge in [-0.1, -0.05) is 55.1 Å². The highest BCUT2D eigenvalue weighted by atomic mass is 16.5. The molecule has 0 atom stereocenters. The first-order valence-corrected chi connectivity index (χ1v) is 6.91. The largest absolute Gasteiger partial charge is 0.458 e. The molecule has 0 saturated heterocycles. The maximum atomic E-state index is 12.3. The molecule has 0 saturated carbocycles. The Labute approximate surface area is 129 Å². The Balaban J connectivity index is 2.09. The molecule has 4 heteroatoms. The summed E-state index contributed by atoms with van der Waals surface area (Å²) in [5.74, 6) is -0.847. The van der Waals surface area contributed by atoms with Crippen LogP contribution in [0, 0.1) is 0 Å². The summed E-state index contributed by atoms with van der Waals surface area (Å²) in [5, 5.41) is 2.80. The zero-order valence-electron chi connectivity index (χ0n) is 12.1. The van der Waals surface area contributed by atoms with Crippen LogP contribution in [0.25, 0.3) is 0 Å². The van der Waals surface area contributed by atoms with Gasteiger partial charge in [0, 0.05) is 6.54 Å². The third-order valence-electron chi connectivity index (χ3n) is 3.02. The Morgan fingerprint density at radius 2 is 1.64 bits per heavy atom. The molecular formula is C18H17NO3. The molecular weight excluding hydrogens is 278 g/mol. The molecule has 0 radical (unpaired) electrons. The minimum Gasteiger partial charge on any atom is -0.458 e. The van der Waals surface area contributed by atoms with Crippen molar-refractivity contribution in [3.63, 3.8) is 0 Å². The lowest BCUT2D eigenvalue weighted by Gasteiger charge is -2.09. The number of ether oxygens (including phenoxy) is 1. The quantitative estimate of drug-likeness (QED) is 0.658. The van der Waals surface area contributed by atoms with Crippen LogP contribution in [0.1, 0.15) is 26.3 Å². The van der Waals surface area contributed by atoms with Crippen LogP contribution < -0.4 is 5.32 Å². The van der Waals surface area contributed by atoms with E-state index in [0.29, 0.717) is 12.1 Å². The van der Waals surface area contributed by atoms with Crippen LogP contribution in [0.5, 0.6) is 0 Å². The number of carbonyl (C=O) groups is 2. The lowest BCUT2D eigenvalue weighted by Crippen LogP contribution is -2.25. The number of carbonyl (C=O) groups excluding carboxylic acids is 2. The van der Waals surface area contributed by atoms with Crippen molar-refractivity contribution >= 4 is 11.9 Å². The van der Waals surface area contributed by atoms with E-state index in [2.05, 4.69) is 11.9 Å². The van der Waals surface area contributed by atoms with E-state index in [1.54, 1.807) is 24.3 Å². The highest BCUT2D eigenvalue weighted by Gasteiger charge is 2.17. The van der Waals surface area contributed by atoms with Gasteiger partial charge in [0.15, 0.2) is 0 Å². The third kappa shape index (κ3) is 4.06. The monoisotopic (exact) mass is 295 g/mol. The number of hydrogen-bond donors (Lipinski definition) is 1. The van der Waals surface area contributed by atoms with E-state index in [1.165, 1.54) is 6.08 Å². The van der Waals surface area contributed by atoms with Crippen molar-refractivity contribution in [1.82, 2.24) is 5.32 Å². The number of rotatable bonds is 6. The molecule has 1 amide bonds. The fourth-order valence-corrected chi connectivity index (χ4v) is 1.94. The van der Waals surface area contributed by atoms with Crippen molar-refractivity contribution in [2.75, 3.05) is 6.61 Å². The van der Waals surface area contributed by atoms with Crippen LogP contribution in [-0.2, 0) is 11.3 Å². The Morgan fingerprint density at radius 1 is 1.00 bits per heavy atom. The van der Waals surface area contributed by atoms with Gasteiger partial charge >= 0.3 is 5.97 Å². The number of esters is 1. The summed E-state index contributed by atoms with van der Waals surface area (Å²) in [4.78, 5) is 24.2. The number of amides is 1. The molecule has 0 spiro atoms. The standard InChI is InChI=1S/C18H17NO3/c1-2-12-22-18(21)16-11-7-6-10-15(16)17(20)19-13-14-8-4-3-5-9-14/h2-11H,1,12-13H2,(H,19,20). The topological polar surface area (TPSA) is 55.4 Å². The van der Waals surface area contributed by atoms with E-state index in [-0.39, 0.29) is 18.1 Å². The van der Waals surface area contributed by atoms with Crippen molar-refractivity contribution in [3.05, 3.63) is 83.9 Å². The van der Waals surface area contributed by atoms with Crippen LogP contribution >= 0.6 is 0 Å². The van der Waals surface area contributed by atoms with Crippen molar-refractivity contribution < 1.29 is 14.3 Å². The molecule has 0 aromatic heterocycles. The van der Waals surface area contributed by atoms with E-state index in [0.717, 1.165) is 5.56 Å². The molecule has 0 unspecified atom stereocenters. The molecule has 0 aliphatic heterocycles. The van der Waals surface area contributed by atoms with E-state index in [4.69, 9.17) is 4.74 Å². The van der Waals surface area contributed by atoms with E-state index < -0.39 is 5.97 Å². The lowest BCUT2D eigenvalue weighted by atomic mass is 10.1. The average molecular weight is 295 g/mol. The second kappa shape index (κ2) is 7.78. The fraction of sp³-hybridized carbons (Fsp3) is 0.111. The van der Waals surface area contributed by atoms with Gasteiger partial charge < -0.3 is 10.1 Å². The number of nitrogens with one attached hydrogen (secondary N) is 1. The van der Waals surface area contributed by atoms with Crippen LogP contribution in [0.4, 0.5) is 0 Å². The minimum absolute atomic E-state index is 0.110. The second-order valence-electron chi connectivity index (χ2n) is 4.60. The van der Waals surface area contributed by atoms with Gasteiger partial charge in [0.25, 0.3) is 5.91 Å². The maximum Gasteiger partial charge on any atom is 0.339 e. The van der Waals surface area contributed by atoms with Crippen molar-refractivity contribution in [3.8, 4) is 0 Å². The number of hydrogen-bond acceptors (Lipinski definition) is 3. The van der Waals surface area contributed by atoms with E-state index in [9.17, 15) is 9.59 Å². The van der Waals surface area contributed by atoms with Gasteiger partial charge in [-0.3, -0.25) is 4.79 Å². The molecule has 0 fully saturated rings. The van der Waals surface area contributed by atoms with Gasteiger partial charge in [-0.2, -0.15) is 0 Å². The SMILES string of the molecule is C=CCOC(=O)c1ccccc1C(=O)NCc1ccccc1. The highest BCUT2D eigenvalue weighted by Crippen LogP contribution is 2.11. The summed E-state index contributed by atoms with van der Waals surface area (Å²) in [7, 11) is 0. The molecule has 2 aromatic carbocycles. The molecule has 0 heterocycles. The van der Waals surface area contributed by atoms with Crippen molar-refractivity contribution in [2.24, 2.45) is 0 Å². The Bertz CT molecular complexity index is 665. The molecule has 0 aliphatic rings. The lowest BCUT2D eigenvalue weighted by molar-refractivity contribution is 0.0546. The number of benzene rings is 2. The van der Waals surface area contributed by atoms with E-state index >= 15 is 0 Å². The molecule has 0 bridgehead atoms. The fourth-order valence-electron chi connectivity index (χ4n) is 1.94. The van der Waals surface area contributed by atoms with Gasteiger partial charge in [-0.05, 0) is 17.7 Å². The normalized spacial score (nSPS) is 9.82. The third-order valence-corrected chi connectivity index (χ3v) is 3.02. The van der Waals surface area contributed by atoms with Gasteiger partial charge in [0.1, 0.15) is 6.61 Å².